The molecule has 0 N–H and O–H groups in total. The van der Waals surface area contributed by atoms with Crippen LogP contribution in [-0.4, -0.2) is 101 Å². The molecule has 246 valence electrons. The smallest absolute Gasteiger partial charge is 0.379 e. The van der Waals surface area contributed by atoms with Crippen molar-refractivity contribution in [3.05, 3.63) is 48.5 Å². The predicted octanol–water partition coefficient (Wildman–Crippen LogP) is 3.80. The number of anilines is 1. The minimum absolute atomic E-state index is 0.184. The molecule has 2 aromatic rings. The monoisotopic (exact) mass is 671 g/mol. The Kier molecular flexibility index (Phi) is 7.99. The van der Waals surface area contributed by atoms with Crippen LogP contribution in [0.5, 0.6) is 0 Å². The summed E-state index contributed by atoms with van der Waals surface area (Å²) >= 11 is 0. The predicted molar refractivity (Wildman–Crippen MR) is 141 cm³/mol. The van der Waals surface area contributed by atoms with E-state index < -0.39 is 87.6 Å². The first-order valence-corrected chi connectivity index (χ1v) is 14.8. The molecular formula is C25H25F8N7O4S. The highest BCUT2D eigenvalue weighted by Gasteiger charge is 2.71. The van der Waals surface area contributed by atoms with E-state index in [1.807, 2.05) is 0 Å². The normalized spacial score (nSPS) is 22.2. The van der Waals surface area contributed by atoms with E-state index in [0.29, 0.717) is 11.1 Å². The van der Waals surface area contributed by atoms with Crippen LogP contribution in [0.3, 0.4) is 0 Å². The number of hydrogen-bond donors (Lipinski definition) is 0. The number of ether oxygens (including phenoxy) is 1. The van der Waals surface area contributed by atoms with Gasteiger partial charge in [0, 0.05) is 51.7 Å². The van der Waals surface area contributed by atoms with E-state index in [9.17, 15) is 39.1 Å². The van der Waals surface area contributed by atoms with Gasteiger partial charge in [0.05, 0.1) is 25.4 Å². The van der Waals surface area contributed by atoms with Gasteiger partial charge in [-0.3, -0.25) is 34.2 Å². The molecule has 0 spiro atoms. The highest BCUT2D eigenvalue weighted by molar-refractivity contribution is 8.45. The van der Waals surface area contributed by atoms with Gasteiger partial charge < -0.3 is 14.5 Å². The van der Waals surface area contributed by atoms with Gasteiger partial charge in [-0.05, 0) is 24.3 Å². The summed E-state index contributed by atoms with van der Waals surface area (Å²) in [5.74, 6) is -4.31. The summed E-state index contributed by atoms with van der Waals surface area (Å²) in [6.07, 6.45) is -3.24. The Morgan fingerprint density at radius 1 is 1.09 bits per heavy atom. The summed E-state index contributed by atoms with van der Waals surface area (Å²) in [6.45, 7) is -1.82. The van der Waals surface area contributed by atoms with Crippen LogP contribution in [-0.2, 0) is 24.7 Å². The van der Waals surface area contributed by atoms with E-state index in [1.54, 1.807) is 6.19 Å². The van der Waals surface area contributed by atoms with Crippen LogP contribution in [0.15, 0.2) is 47.8 Å². The number of halogens is 8. The molecule has 11 nitrogen and oxygen atoms in total. The van der Waals surface area contributed by atoms with Gasteiger partial charge in [0.1, 0.15) is 16.6 Å². The van der Waals surface area contributed by atoms with E-state index >= 15 is 13.2 Å². The van der Waals surface area contributed by atoms with Crippen molar-refractivity contribution in [2.45, 2.75) is 35.2 Å². The number of nitrogens with zero attached hydrogens (tertiary/aromatic N) is 7. The molecule has 0 aliphatic carbocycles. The van der Waals surface area contributed by atoms with Gasteiger partial charge in [0.15, 0.2) is 6.19 Å². The number of methoxy groups -OCH3 is 1. The number of aromatic nitrogens is 2. The Labute approximate surface area is 250 Å². The fourth-order valence-electron chi connectivity index (χ4n) is 5.16. The molecule has 0 bridgehead atoms. The number of benzene rings is 1. The molecule has 2 aliphatic rings. The molecule has 0 radical (unpaired) electrons. The number of piperazine rings is 1. The first kappa shape index (κ1) is 33.6. The third-order valence-electron chi connectivity index (χ3n) is 7.50. The van der Waals surface area contributed by atoms with Gasteiger partial charge >= 0.3 is 16.4 Å². The zero-order chi connectivity index (χ0) is 33.7. The minimum atomic E-state index is -10.3. The highest BCUT2D eigenvalue weighted by atomic mass is 32.5. The molecule has 20 heteroatoms. The van der Waals surface area contributed by atoms with Crippen molar-refractivity contribution in [3.8, 4) is 6.19 Å². The van der Waals surface area contributed by atoms with Crippen LogP contribution in [0.25, 0.3) is 0 Å². The quantitative estimate of drug-likeness (QED) is 0.322. The molecule has 2 aliphatic heterocycles. The first-order chi connectivity index (χ1) is 20.6. The molecule has 45 heavy (non-hydrogen) atoms. The number of alkyl halides is 3. The molecule has 1 aromatic carbocycles. The molecule has 4 rings (SSSR count). The average Bonchev–Trinajstić information content (AvgIpc) is 3.39. The lowest BCUT2D eigenvalue weighted by atomic mass is 9.87. The fraction of sp³-hybridized carbons (Fsp3) is 0.440. The zero-order valence-corrected chi connectivity index (χ0v) is 24.2. The Morgan fingerprint density at radius 2 is 1.73 bits per heavy atom. The van der Waals surface area contributed by atoms with Gasteiger partial charge in [-0.1, -0.05) is 19.4 Å². The number of hydrogen-bond acceptors (Lipinski definition) is 8. The van der Waals surface area contributed by atoms with Crippen LogP contribution in [0.1, 0.15) is 12.1 Å². The van der Waals surface area contributed by atoms with E-state index in [2.05, 4.69) is 9.97 Å². The number of nitriles is 1. The molecule has 3 unspecified atom stereocenters. The number of carbonyl (C=O) groups is 3. The molecular weight excluding hydrogens is 646 g/mol. The third-order valence-corrected chi connectivity index (χ3v) is 8.67. The van der Waals surface area contributed by atoms with Crippen molar-refractivity contribution >= 4 is 33.6 Å². The van der Waals surface area contributed by atoms with Crippen LogP contribution < -0.4 is 4.90 Å². The maximum atomic E-state index is 15.7. The average molecular weight is 672 g/mol. The zero-order valence-electron chi connectivity index (χ0n) is 23.4. The third kappa shape index (κ3) is 6.18. The van der Waals surface area contributed by atoms with Crippen molar-refractivity contribution in [3.63, 3.8) is 0 Å². The summed E-state index contributed by atoms with van der Waals surface area (Å²) in [6, 6.07) is -1.81. The van der Waals surface area contributed by atoms with Crippen molar-refractivity contribution in [1.82, 2.24) is 24.7 Å². The van der Waals surface area contributed by atoms with Gasteiger partial charge in [-0.2, -0.15) is 18.4 Å². The standard InChI is InChI=1S/C25H25F8N7O4S/c1-37-9-10-38(14-21(37)41)23(43)24(25(26,27)28,20-12-35-7-8-36-20)40(22(42)19-11-17(44-2)13-39(19)15-34)16-3-5-18(6-4-16)45(29,30,31,32)33/h3-8,12,17,19H,9-11,13-14H2,1-2H3. The van der Waals surface area contributed by atoms with Crippen molar-refractivity contribution in [2.24, 2.45) is 0 Å². The number of likely N-dealkylation sites (N-methyl/N-ethyl adjacent to an activating group) is 1. The number of rotatable bonds is 7. The van der Waals surface area contributed by atoms with Crippen molar-refractivity contribution in [2.75, 3.05) is 45.2 Å². The van der Waals surface area contributed by atoms with Crippen LogP contribution in [0.4, 0.5) is 38.3 Å². The number of amides is 3. The first-order valence-electron chi connectivity index (χ1n) is 12.9. The van der Waals surface area contributed by atoms with Gasteiger partial charge in [-0.25, -0.2) is 0 Å². The molecule has 0 saturated carbocycles. The van der Waals surface area contributed by atoms with Gasteiger partial charge in [-0.15, -0.1) is 0 Å². The van der Waals surface area contributed by atoms with Crippen LogP contribution >= 0.6 is 10.2 Å². The lowest BCUT2D eigenvalue weighted by Gasteiger charge is -2.47. The number of likely N-dealkylation sites (tertiary alicyclic amines) is 1. The molecule has 3 heterocycles. The molecule has 2 fully saturated rings. The lowest BCUT2D eigenvalue weighted by molar-refractivity contribution is -0.205. The lowest BCUT2D eigenvalue weighted by Crippen LogP contribution is -2.70. The maximum absolute atomic E-state index is 15.7. The highest BCUT2D eigenvalue weighted by Crippen LogP contribution is 3.02. The van der Waals surface area contributed by atoms with Crippen LogP contribution in [0.2, 0.25) is 0 Å². The topological polar surface area (TPSA) is 123 Å². The molecule has 3 amide bonds. The maximum Gasteiger partial charge on any atom is 0.427 e. The van der Waals surface area contributed by atoms with E-state index in [4.69, 9.17) is 4.74 Å². The molecule has 2 saturated heterocycles. The van der Waals surface area contributed by atoms with Crippen LogP contribution in [0, 0.1) is 11.5 Å². The van der Waals surface area contributed by atoms with E-state index in [1.165, 1.54) is 14.2 Å². The molecule has 1 aromatic heterocycles. The SMILES string of the molecule is COC1CC(C(=O)N(c2ccc(S(F)(F)(F)(F)F)cc2)C(C(=O)N2CCN(C)C(=O)C2)(c2cnccn2)C(F)(F)F)N(C#N)C1. The van der Waals surface area contributed by atoms with E-state index in [-0.39, 0.29) is 42.3 Å². The Balaban J connectivity index is 2.05. The fourth-order valence-corrected chi connectivity index (χ4v) is 5.81. The van der Waals surface area contributed by atoms with Gasteiger partial charge in [0.25, 0.3) is 17.4 Å². The van der Waals surface area contributed by atoms with E-state index in [0.717, 1.165) is 22.2 Å². The Hall–Kier alpha value is -4.25. The molecule has 3 atom stereocenters. The Bertz CT molecular complexity index is 1520. The summed E-state index contributed by atoms with van der Waals surface area (Å²) in [5.41, 5.74) is -6.50. The van der Waals surface area contributed by atoms with Gasteiger partial charge in [0.2, 0.25) is 5.91 Å². The minimum Gasteiger partial charge on any atom is -0.379 e. The second-order valence-electron chi connectivity index (χ2n) is 10.3. The summed E-state index contributed by atoms with van der Waals surface area (Å²) in [5, 5.41) is 9.66. The largest absolute Gasteiger partial charge is 0.427 e. The second kappa shape index (κ2) is 10.7. The summed E-state index contributed by atoms with van der Waals surface area (Å²) in [4.78, 5) is 47.9. The second-order valence-corrected chi connectivity index (χ2v) is 12.7. The van der Waals surface area contributed by atoms with Crippen molar-refractivity contribution < 1.29 is 51.7 Å². The number of carbonyl (C=O) groups excluding carboxylic acids is 3. The Morgan fingerprint density at radius 3 is 2.22 bits per heavy atom. The summed E-state index contributed by atoms with van der Waals surface area (Å²) in [7, 11) is -7.80. The summed E-state index contributed by atoms with van der Waals surface area (Å²) < 4.78 is 120. The van der Waals surface area contributed by atoms with Crippen molar-refractivity contribution in [1.29, 1.82) is 5.26 Å².